The van der Waals surface area contributed by atoms with E-state index >= 15 is 0 Å². The van der Waals surface area contributed by atoms with Gasteiger partial charge >= 0.3 is 5.97 Å². The number of aliphatic carboxylic acids is 1. The zero-order valence-electron chi connectivity index (χ0n) is 9.83. The summed E-state index contributed by atoms with van der Waals surface area (Å²) in [5.41, 5.74) is 5.17. The number of carboxylic acids is 1. The molecule has 0 spiro atoms. The van der Waals surface area contributed by atoms with Crippen molar-refractivity contribution < 1.29 is 37.0 Å². The van der Waals surface area contributed by atoms with Crippen LogP contribution in [-0.4, -0.2) is 29.5 Å². The Morgan fingerprint density at radius 2 is 1.70 bits per heavy atom. The molecule has 0 saturated heterocycles. The fourth-order valence-electron chi connectivity index (χ4n) is 1.23. The molecule has 0 saturated carbocycles. The largest absolute Gasteiger partial charge is 0.481 e. The molecule has 0 radical (unpaired) electrons. The smallest absolute Gasteiger partial charge is 0.305 e. The summed E-state index contributed by atoms with van der Waals surface area (Å²) in [6.45, 7) is -1.02. The topological polar surface area (TPSA) is 89.6 Å². The van der Waals surface area contributed by atoms with Crippen molar-refractivity contribution in [3.05, 3.63) is 29.3 Å². The monoisotopic (exact) mass is 295 g/mol. The number of rotatable bonds is 6. The van der Waals surface area contributed by atoms with Gasteiger partial charge in [0.25, 0.3) is 0 Å². The predicted octanol–water partition coefficient (Wildman–Crippen LogP) is 0.993. The molecule has 0 aliphatic rings. The lowest BCUT2D eigenvalue weighted by atomic mass is 10.1. The maximum Gasteiger partial charge on any atom is 0.305 e. The molecular weight excluding hydrogens is 286 g/mol. The van der Waals surface area contributed by atoms with Crippen LogP contribution >= 0.6 is 0 Å². The molecule has 9 heteroatoms. The number of ether oxygens (including phenoxy) is 1. The number of carbonyl (C=O) groups excluding carboxylic acids is 1. The highest BCUT2D eigenvalue weighted by Gasteiger charge is 2.23. The van der Waals surface area contributed by atoms with Gasteiger partial charge in [-0.3, -0.25) is 9.59 Å². The summed E-state index contributed by atoms with van der Waals surface area (Å²) >= 11 is 0. The predicted molar refractivity (Wildman–Crippen MR) is 57.0 cm³/mol. The zero-order valence-corrected chi connectivity index (χ0v) is 9.83. The lowest BCUT2D eigenvalue weighted by Gasteiger charge is -2.11. The molecule has 0 aliphatic carbocycles. The third kappa shape index (κ3) is 3.67. The molecule has 0 aliphatic heterocycles. The molecule has 1 aromatic carbocycles. The summed E-state index contributed by atoms with van der Waals surface area (Å²) in [5.74, 6) is -10.7. The third-order valence-corrected chi connectivity index (χ3v) is 2.24. The zero-order chi connectivity index (χ0) is 15.4. The van der Waals surface area contributed by atoms with E-state index in [0.717, 1.165) is 0 Å². The van der Waals surface area contributed by atoms with Crippen molar-refractivity contribution in [2.45, 2.75) is 12.5 Å². The third-order valence-electron chi connectivity index (χ3n) is 2.24. The summed E-state index contributed by atoms with van der Waals surface area (Å²) in [4.78, 5) is 21.6. The quantitative estimate of drug-likeness (QED) is 0.603. The van der Waals surface area contributed by atoms with Crippen LogP contribution < -0.4 is 10.5 Å². The first-order valence-electron chi connectivity index (χ1n) is 5.20. The van der Waals surface area contributed by atoms with E-state index in [0.29, 0.717) is 0 Å². The molecule has 0 heterocycles. The van der Waals surface area contributed by atoms with E-state index in [-0.39, 0.29) is 6.07 Å². The Kier molecular flexibility index (Phi) is 5.03. The molecule has 1 rings (SSSR count). The minimum absolute atomic E-state index is 0.0183. The van der Waals surface area contributed by atoms with Gasteiger partial charge < -0.3 is 15.6 Å². The molecule has 0 fully saturated rings. The van der Waals surface area contributed by atoms with Crippen LogP contribution in [0.5, 0.6) is 5.75 Å². The van der Waals surface area contributed by atoms with E-state index in [4.69, 9.17) is 10.8 Å². The number of ketones is 1. The van der Waals surface area contributed by atoms with Crippen LogP contribution in [-0.2, 0) is 9.59 Å². The van der Waals surface area contributed by atoms with Gasteiger partial charge in [0.05, 0.1) is 12.5 Å². The van der Waals surface area contributed by atoms with Gasteiger partial charge in [-0.15, -0.1) is 0 Å². The number of hydrogen-bond donors (Lipinski definition) is 2. The van der Waals surface area contributed by atoms with Gasteiger partial charge in [-0.05, 0) is 0 Å². The molecular formula is C11H9F4NO4. The number of benzene rings is 1. The Bertz CT molecular complexity index is 523. The van der Waals surface area contributed by atoms with Crippen LogP contribution in [0.2, 0.25) is 0 Å². The molecule has 1 aromatic rings. The van der Waals surface area contributed by atoms with E-state index in [1.54, 1.807) is 0 Å². The molecule has 3 N–H and O–H groups in total. The summed E-state index contributed by atoms with van der Waals surface area (Å²) in [6.07, 6.45) is -0.718. The maximum atomic E-state index is 13.2. The lowest BCUT2D eigenvalue weighted by Crippen LogP contribution is -2.36. The van der Waals surface area contributed by atoms with Crippen molar-refractivity contribution in [1.29, 1.82) is 0 Å². The van der Waals surface area contributed by atoms with Gasteiger partial charge in [-0.1, -0.05) is 0 Å². The van der Waals surface area contributed by atoms with Gasteiger partial charge in [-0.2, -0.15) is 8.78 Å². The minimum Gasteiger partial charge on any atom is -0.481 e. The van der Waals surface area contributed by atoms with Crippen LogP contribution in [0.25, 0.3) is 0 Å². The molecule has 20 heavy (non-hydrogen) atoms. The molecule has 0 aromatic heterocycles. The van der Waals surface area contributed by atoms with Crippen LogP contribution in [0, 0.1) is 23.3 Å². The molecule has 110 valence electrons. The van der Waals surface area contributed by atoms with E-state index in [9.17, 15) is 27.2 Å². The van der Waals surface area contributed by atoms with Crippen LogP contribution in [0.4, 0.5) is 17.6 Å². The number of Topliss-reactive ketones (excluding diaryl/α,β-unsaturated/α-hetero) is 1. The second-order valence-corrected chi connectivity index (χ2v) is 3.76. The summed E-state index contributed by atoms with van der Waals surface area (Å²) in [7, 11) is 0. The summed E-state index contributed by atoms with van der Waals surface area (Å²) in [5, 5.41) is 8.39. The van der Waals surface area contributed by atoms with Crippen molar-refractivity contribution in [2.24, 2.45) is 5.73 Å². The second-order valence-electron chi connectivity index (χ2n) is 3.76. The number of halogens is 4. The first kappa shape index (κ1) is 15.9. The van der Waals surface area contributed by atoms with Crippen molar-refractivity contribution >= 4 is 11.8 Å². The fourth-order valence-corrected chi connectivity index (χ4v) is 1.23. The van der Waals surface area contributed by atoms with Crippen LogP contribution in [0.3, 0.4) is 0 Å². The Balaban J connectivity index is 2.80. The Labute approximate surface area is 109 Å². The van der Waals surface area contributed by atoms with E-state index in [1.807, 2.05) is 0 Å². The lowest BCUT2D eigenvalue weighted by molar-refractivity contribution is -0.139. The van der Waals surface area contributed by atoms with Gasteiger partial charge in [0.15, 0.2) is 23.2 Å². The highest BCUT2D eigenvalue weighted by molar-refractivity contribution is 5.88. The number of carbonyl (C=O) groups is 2. The maximum absolute atomic E-state index is 13.2. The SMILES string of the molecule is NC(CC(=O)O)C(=O)COc1c(F)c(F)cc(F)c1F. The van der Waals surface area contributed by atoms with Crippen LogP contribution in [0.15, 0.2) is 6.07 Å². The number of nitrogens with two attached hydrogens (primary N) is 1. The highest BCUT2D eigenvalue weighted by atomic mass is 19.2. The molecule has 1 unspecified atom stereocenters. The van der Waals surface area contributed by atoms with Gasteiger partial charge in [0.2, 0.25) is 11.6 Å². The normalized spacial score (nSPS) is 12.1. The highest BCUT2D eigenvalue weighted by Crippen LogP contribution is 2.26. The van der Waals surface area contributed by atoms with E-state index in [2.05, 4.69) is 4.74 Å². The van der Waals surface area contributed by atoms with Crippen molar-refractivity contribution in [2.75, 3.05) is 6.61 Å². The summed E-state index contributed by atoms with van der Waals surface area (Å²) in [6, 6.07) is -1.48. The number of carboxylic acid groups (broad SMARTS) is 1. The molecule has 5 nitrogen and oxygen atoms in total. The minimum atomic E-state index is -1.80. The van der Waals surface area contributed by atoms with Crippen molar-refractivity contribution in [3.63, 3.8) is 0 Å². The Hall–Kier alpha value is -2.16. The second kappa shape index (κ2) is 6.33. The average Bonchev–Trinajstić information content (AvgIpc) is 2.35. The van der Waals surface area contributed by atoms with Gasteiger partial charge in [-0.25, -0.2) is 8.78 Å². The van der Waals surface area contributed by atoms with E-state index in [1.165, 1.54) is 0 Å². The van der Waals surface area contributed by atoms with E-state index < -0.39 is 59.8 Å². The Morgan fingerprint density at radius 3 is 2.15 bits per heavy atom. The fraction of sp³-hybridized carbons (Fsp3) is 0.273. The first-order chi connectivity index (χ1) is 9.23. The standard InChI is InChI=1S/C11H9F4NO4/c12-4-1-5(13)10(15)11(9(4)14)20-3-7(17)6(16)2-8(18)19/h1,6H,2-3,16H2,(H,18,19). The van der Waals surface area contributed by atoms with Gasteiger partial charge in [0.1, 0.15) is 6.61 Å². The first-order valence-corrected chi connectivity index (χ1v) is 5.20. The van der Waals surface area contributed by atoms with Crippen molar-refractivity contribution in [1.82, 2.24) is 0 Å². The molecule has 0 amide bonds. The van der Waals surface area contributed by atoms with Gasteiger partial charge in [0, 0.05) is 6.07 Å². The molecule has 1 atom stereocenters. The average molecular weight is 295 g/mol. The summed E-state index contributed by atoms with van der Waals surface area (Å²) < 4.78 is 56.3. The molecule has 0 bridgehead atoms. The van der Waals surface area contributed by atoms with Crippen molar-refractivity contribution in [3.8, 4) is 5.75 Å². The number of hydrogen-bond acceptors (Lipinski definition) is 4. The van der Waals surface area contributed by atoms with Crippen LogP contribution in [0.1, 0.15) is 6.42 Å². The Morgan fingerprint density at radius 1 is 1.20 bits per heavy atom.